The zero-order chi connectivity index (χ0) is 14.7. The Morgan fingerprint density at radius 3 is 2.81 bits per heavy atom. The van der Waals surface area contributed by atoms with E-state index in [1.54, 1.807) is 11.1 Å². The van der Waals surface area contributed by atoms with E-state index in [0.717, 1.165) is 25.6 Å². The van der Waals surface area contributed by atoms with Gasteiger partial charge in [0.25, 0.3) is 5.91 Å². The Morgan fingerprint density at radius 2 is 2.14 bits per heavy atom. The van der Waals surface area contributed by atoms with E-state index in [0.29, 0.717) is 19.0 Å². The summed E-state index contributed by atoms with van der Waals surface area (Å²) in [4.78, 5) is 17.7. The standard InChI is InChI=1S/C15H17FN4O/c16-14-10-17-6-2-13(14)15(21)19-8-3-12(4-9-19)11-20-7-1-5-18-20/h1-2,5-7,10,12H,3-4,8-9,11H2. The minimum atomic E-state index is -0.554. The predicted molar refractivity (Wildman–Crippen MR) is 75.0 cm³/mol. The molecule has 2 aromatic rings. The molecule has 110 valence electrons. The second kappa shape index (κ2) is 6.03. The zero-order valence-corrected chi connectivity index (χ0v) is 11.7. The van der Waals surface area contributed by atoms with Crippen molar-refractivity contribution in [1.29, 1.82) is 0 Å². The molecule has 1 fully saturated rings. The average molecular weight is 288 g/mol. The largest absolute Gasteiger partial charge is 0.339 e. The monoisotopic (exact) mass is 288 g/mol. The third-order valence-electron chi connectivity index (χ3n) is 3.91. The van der Waals surface area contributed by atoms with Crippen LogP contribution in [0.15, 0.2) is 36.9 Å². The van der Waals surface area contributed by atoms with Gasteiger partial charge in [-0.05, 0) is 30.9 Å². The molecule has 2 aromatic heterocycles. The minimum absolute atomic E-state index is 0.107. The van der Waals surface area contributed by atoms with Crippen molar-refractivity contribution in [2.24, 2.45) is 5.92 Å². The molecule has 6 heteroatoms. The lowest BCUT2D eigenvalue weighted by Gasteiger charge is -2.32. The lowest BCUT2D eigenvalue weighted by atomic mass is 9.96. The van der Waals surface area contributed by atoms with Crippen LogP contribution in [0.4, 0.5) is 4.39 Å². The molecule has 0 spiro atoms. The summed E-state index contributed by atoms with van der Waals surface area (Å²) in [5.74, 6) is -0.287. The van der Waals surface area contributed by atoms with Crippen LogP contribution in [0.2, 0.25) is 0 Å². The first-order valence-electron chi connectivity index (χ1n) is 7.10. The van der Waals surface area contributed by atoms with Crippen molar-refractivity contribution in [3.8, 4) is 0 Å². The Morgan fingerprint density at radius 1 is 1.33 bits per heavy atom. The van der Waals surface area contributed by atoms with Gasteiger partial charge in [-0.25, -0.2) is 4.39 Å². The van der Waals surface area contributed by atoms with Crippen LogP contribution in [-0.4, -0.2) is 38.7 Å². The van der Waals surface area contributed by atoms with Gasteiger partial charge in [-0.2, -0.15) is 5.10 Å². The number of hydrogen-bond donors (Lipinski definition) is 0. The summed E-state index contributed by atoms with van der Waals surface area (Å²) in [5, 5.41) is 4.20. The van der Waals surface area contributed by atoms with Gasteiger partial charge in [-0.1, -0.05) is 0 Å². The smallest absolute Gasteiger partial charge is 0.256 e. The maximum atomic E-state index is 13.6. The summed E-state index contributed by atoms with van der Waals surface area (Å²) in [6, 6.07) is 3.35. The number of piperidine rings is 1. The molecule has 0 radical (unpaired) electrons. The Bertz CT molecular complexity index is 606. The van der Waals surface area contributed by atoms with Crippen LogP contribution in [0.5, 0.6) is 0 Å². The highest BCUT2D eigenvalue weighted by Gasteiger charge is 2.25. The molecule has 3 rings (SSSR count). The van der Waals surface area contributed by atoms with Gasteiger partial charge in [0, 0.05) is 38.2 Å². The molecule has 0 bridgehead atoms. The number of amides is 1. The minimum Gasteiger partial charge on any atom is -0.339 e. The van der Waals surface area contributed by atoms with E-state index < -0.39 is 5.82 Å². The van der Waals surface area contributed by atoms with E-state index in [2.05, 4.69) is 10.1 Å². The number of rotatable bonds is 3. The summed E-state index contributed by atoms with van der Waals surface area (Å²) >= 11 is 0. The first-order chi connectivity index (χ1) is 10.2. The summed E-state index contributed by atoms with van der Waals surface area (Å²) in [5.41, 5.74) is 0.107. The maximum absolute atomic E-state index is 13.6. The lowest BCUT2D eigenvalue weighted by molar-refractivity contribution is 0.0676. The molecular formula is C15H17FN4O. The van der Waals surface area contributed by atoms with Crippen molar-refractivity contribution in [2.75, 3.05) is 13.1 Å². The van der Waals surface area contributed by atoms with Gasteiger partial charge < -0.3 is 4.90 Å². The van der Waals surface area contributed by atoms with Crippen molar-refractivity contribution < 1.29 is 9.18 Å². The molecule has 1 aliphatic heterocycles. The molecule has 1 aliphatic rings. The van der Waals surface area contributed by atoms with Crippen LogP contribution in [0.1, 0.15) is 23.2 Å². The summed E-state index contributed by atoms with van der Waals surface area (Å²) < 4.78 is 15.5. The number of carbonyl (C=O) groups excluding carboxylic acids is 1. The fourth-order valence-corrected chi connectivity index (χ4v) is 2.71. The second-order valence-corrected chi connectivity index (χ2v) is 5.32. The summed E-state index contributed by atoms with van der Waals surface area (Å²) in [7, 11) is 0. The number of carbonyl (C=O) groups is 1. The van der Waals surface area contributed by atoms with E-state index in [4.69, 9.17) is 0 Å². The van der Waals surface area contributed by atoms with Gasteiger partial charge in [-0.3, -0.25) is 14.5 Å². The van der Waals surface area contributed by atoms with Crippen molar-refractivity contribution in [2.45, 2.75) is 19.4 Å². The molecule has 21 heavy (non-hydrogen) atoms. The number of pyridine rings is 1. The van der Waals surface area contributed by atoms with E-state index in [1.165, 1.54) is 12.3 Å². The number of aromatic nitrogens is 3. The fourth-order valence-electron chi connectivity index (χ4n) is 2.71. The molecule has 0 aromatic carbocycles. The molecule has 3 heterocycles. The van der Waals surface area contributed by atoms with Crippen LogP contribution < -0.4 is 0 Å². The van der Waals surface area contributed by atoms with E-state index >= 15 is 0 Å². The summed E-state index contributed by atoms with van der Waals surface area (Å²) in [6.45, 7) is 2.19. The number of hydrogen-bond acceptors (Lipinski definition) is 3. The molecule has 0 unspecified atom stereocenters. The molecule has 0 aliphatic carbocycles. The van der Waals surface area contributed by atoms with Gasteiger partial charge in [0.2, 0.25) is 0 Å². The van der Waals surface area contributed by atoms with Crippen LogP contribution >= 0.6 is 0 Å². The highest BCUT2D eigenvalue weighted by atomic mass is 19.1. The maximum Gasteiger partial charge on any atom is 0.256 e. The Labute approximate surface area is 122 Å². The third-order valence-corrected chi connectivity index (χ3v) is 3.91. The van der Waals surface area contributed by atoms with Gasteiger partial charge in [0.15, 0.2) is 5.82 Å². The fraction of sp³-hybridized carbons (Fsp3) is 0.400. The van der Waals surface area contributed by atoms with Gasteiger partial charge in [-0.15, -0.1) is 0 Å². The van der Waals surface area contributed by atoms with Crippen molar-refractivity contribution in [1.82, 2.24) is 19.7 Å². The summed E-state index contributed by atoms with van der Waals surface area (Å²) in [6.07, 6.45) is 8.07. The first-order valence-corrected chi connectivity index (χ1v) is 7.10. The number of nitrogens with zero attached hydrogens (tertiary/aromatic N) is 4. The van der Waals surface area contributed by atoms with Crippen molar-refractivity contribution in [3.63, 3.8) is 0 Å². The molecule has 0 N–H and O–H groups in total. The lowest BCUT2D eigenvalue weighted by Crippen LogP contribution is -2.39. The van der Waals surface area contributed by atoms with E-state index in [9.17, 15) is 9.18 Å². The number of halogens is 1. The van der Waals surface area contributed by atoms with E-state index in [-0.39, 0.29) is 11.5 Å². The molecular weight excluding hydrogens is 271 g/mol. The van der Waals surface area contributed by atoms with Crippen molar-refractivity contribution in [3.05, 3.63) is 48.3 Å². The molecule has 0 atom stereocenters. The average Bonchev–Trinajstić information content (AvgIpc) is 3.01. The zero-order valence-electron chi connectivity index (χ0n) is 11.7. The molecule has 0 saturated carbocycles. The second-order valence-electron chi connectivity index (χ2n) is 5.32. The van der Waals surface area contributed by atoms with Gasteiger partial charge in [0.05, 0.1) is 11.8 Å². The topological polar surface area (TPSA) is 51.0 Å². The van der Waals surface area contributed by atoms with Gasteiger partial charge >= 0.3 is 0 Å². The first kappa shape index (κ1) is 13.7. The van der Waals surface area contributed by atoms with Crippen LogP contribution in [-0.2, 0) is 6.54 Å². The predicted octanol–water partition coefficient (Wildman–Crippen LogP) is 1.97. The van der Waals surface area contributed by atoms with Crippen LogP contribution in [0, 0.1) is 11.7 Å². The van der Waals surface area contributed by atoms with Crippen LogP contribution in [0.25, 0.3) is 0 Å². The molecule has 1 saturated heterocycles. The Hall–Kier alpha value is -2.24. The Balaban J connectivity index is 1.58. The highest BCUT2D eigenvalue weighted by molar-refractivity contribution is 5.94. The van der Waals surface area contributed by atoms with E-state index in [1.807, 2.05) is 16.9 Å². The van der Waals surface area contributed by atoms with Gasteiger partial charge in [0.1, 0.15) is 0 Å². The van der Waals surface area contributed by atoms with Crippen LogP contribution in [0.3, 0.4) is 0 Å². The molecule has 5 nitrogen and oxygen atoms in total. The Kier molecular flexibility index (Phi) is 3.94. The molecule has 1 amide bonds. The number of likely N-dealkylation sites (tertiary alicyclic amines) is 1. The highest BCUT2D eigenvalue weighted by Crippen LogP contribution is 2.21. The SMILES string of the molecule is O=C(c1ccncc1F)N1CCC(Cn2cccn2)CC1. The third kappa shape index (κ3) is 3.09. The van der Waals surface area contributed by atoms with Crippen molar-refractivity contribution >= 4 is 5.91 Å². The normalized spacial score (nSPS) is 16.1. The quantitative estimate of drug-likeness (QED) is 0.867.